The molecule has 0 radical (unpaired) electrons. The van der Waals surface area contributed by atoms with Crippen molar-refractivity contribution in [3.05, 3.63) is 66.0 Å². The SMILES string of the molecule is CCN(CC)C(CNC(=O)/C=C/c1ccncc1)c1cccc(OC)c1. The minimum Gasteiger partial charge on any atom is -0.497 e. The lowest BCUT2D eigenvalue weighted by molar-refractivity contribution is -0.116. The van der Waals surface area contributed by atoms with Gasteiger partial charge in [-0.05, 0) is 54.6 Å². The molecule has 2 aromatic rings. The molecule has 138 valence electrons. The first-order valence-corrected chi connectivity index (χ1v) is 8.91. The average molecular weight is 353 g/mol. The number of likely N-dealkylation sites (N-methyl/N-ethyl adjacent to an activating group) is 1. The molecule has 0 spiro atoms. The van der Waals surface area contributed by atoms with Gasteiger partial charge in [0.15, 0.2) is 0 Å². The third-order valence-electron chi connectivity index (χ3n) is 4.33. The van der Waals surface area contributed by atoms with Crippen LogP contribution in [0.5, 0.6) is 5.75 Å². The molecule has 1 N–H and O–H groups in total. The maximum Gasteiger partial charge on any atom is 0.244 e. The molecule has 1 amide bonds. The smallest absolute Gasteiger partial charge is 0.244 e. The van der Waals surface area contributed by atoms with Crippen LogP contribution in [-0.2, 0) is 4.79 Å². The Bertz CT molecular complexity index is 712. The van der Waals surface area contributed by atoms with Crippen molar-refractivity contribution in [2.75, 3.05) is 26.7 Å². The lowest BCUT2D eigenvalue weighted by Gasteiger charge is -2.30. The lowest BCUT2D eigenvalue weighted by Crippen LogP contribution is -2.37. The molecule has 1 aromatic heterocycles. The van der Waals surface area contributed by atoms with E-state index in [1.807, 2.05) is 30.3 Å². The van der Waals surface area contributed by atoms with Crippen LogP contribution in [0.25, 0.3) is 6.08 Å². The van der Waals surface area contributed by atoms with E-state index in [1.54, 1.807) is 31.7 Å². The number of rotatable bonds is 9. The summed E-state index contributed by atoms with van der Waals surface area (Å²) >= 11 is 0. The topological polar surface area (TPSA) is 54.5 Å². The van der Waals surface area contributed by atoms with Crippen molar-refractivity contribution in [3.63, 3.8) is 0 Å². The third-order valence-corrected chi connectivity index (χ3v) is 4.33. The number of hydrogen-bond acceptors (Lipinski definition) is 4. The molecule has 1 heterocycles. The van der Waals surface area contributed by atoms with Crippen LogP contribution in [0, 0.1) is 0 Å². The molecule has 0 aliphatic heterocycles. The predicted molar refractivity (Wildman–Crippen MR) is 105 cm³/mol. The van der Waals surface area contributed by atoms with Crippen molar-refractivity contribution in [3.8, 4) is 5.75 Å². The highest BCUT2D eigenvalue weighted by Crippen LogP contribution is 2.23. The van der Waals surface area contributed by atoms with Crippen molar-refractivity contribution in [2.45, 2.75) is 19.9 Å². The van der Waals surface area contributed by atoms with Crippen LogP contribution in [0.4, 0.5) is 0 Å². The first-order chi connectivity index (χ1) is 12.7. The van der Waals surface area contributed by atoms with Gasteiger partial charge in [-0.15, -0.1) is 0 Å². The van der Waals surface area contributed by atoms with Crippen LogP contribution in [0.1, 0.15) is 31.0 Å². The monoisotopic (exact) mass is 353 g/mol. The Balaban J connectivity index is 2.06. The highest BCUT2D eigenvalue weighted by atomic mass is 16.5. The number of ether oxygens (including phenoxy) is 1. The Morgan fingerprint density at radius 2 is 1.96 bits per heavy atom. The maximum absolute atomic E-state index is 12.2. The number of pyridine rings is 1. The van der Waals surface area contributed by atoms with Crippen molar-refractivity contribution >= 4 is 12.0 Å². The number of nitrogens with one attached hydrogen (secondary N) is 1. The van der Waals surface area contributed by atoms with E-state index < -0.39 is 0 Å². The second-order valence-electron chi connectivity index (χ2n) is 5.87. The van der Waals surface area contributed by atoms with Gasteiger partial charge in [0, 0.05) is 25.0 Å². The van der Waals surface area contributed by atoms with Crippen molar-refractivity contribution in [1.29, 1.82) is 0 Å². The molecule has 26 heavy (non-hydrogen) atoms. The van der Waals surface area contributed by atoms with Crippen LogP contribution >= 0.6 is 0 Å². The summed E-state index contributed by atoms with van der Waals surface area (Å²) in [6, 6.07) is 11.8. The molecule has 0 saturated carbocycles. The molecular weight excluding hydrogens is 326 g/mol. The molecule has 5 nitrogen and oxygen atoms in total. The number of hydrogen-bond donors (Lipinski definition) is 1. The molecule has 0 saturated heterocycles. The minimum absolute atomic E-state index is 0.0957. The largest absolute Gasteiger partial charge is 0.497 e. The van der Waals surface area contributed by atoms with Crippen LogP contribution in [0.15, 0.2) is 54.9 Å². The van der Waals surface area contributed by atoms with E-state index >= 15 is 0 Å². The summed E-state index contributed by atoms with van der Waals surface area (Å²) in [5, 5.41) is 3.01. The molecule has 0 fully saturated rings. The van der Waals surface area contributed by atoms with Gasteiger partial charge in [-0.2, -0.15) is 0 Å². The van der Waals surface area contributed by atoms with E-state index in [9.17, 15) is 4.79 Å². The Kier molecular flexibility index (Phi) is 7.83. The summed E-state index contributed by atoms with van der Waals surface area (Å²) in [5.41, 5.74) is 2.08. The predicted octanol–water partition coefficient (Wildman–Crippen LogP) is 3.30. The van der Waals surface area contributed by atoms with Crippen LogP contribution in [0.2, 0.25) is 0 Å². The summed E-state index contributed by atoms with van der Waals surface area (Å²) in [4.78, 5) is 18.5. The van der Waals surface area contributed by atoms with Gasteiger partial charge in [0.25, 0.3) is 0 Å². The molecule has 0 bridgehead atoms. The quantitative estimate of drug-likeness (QED) is 0.703. The first-order valence-electron chi connectivity index (χ1n) is 8.91. The Labute approximate surface area is 155 Å². The van der Waals surface area contributed by atoms with E-state index in [1.165, 1.54) is 0 Å². The van der Waals surface area contributed by atoms with Gasteiger partial charge in [-0.25, -0.2) is 0 Å². The standard InChI is InChI=1S/C21H27N3O2/c1-4-24(5-2)20(18-7-6-8-19(15-18)26-3)16-23-21(25)10-9-17-11-13-22-14-12-17/h6-15,20H,4-5,16H2,1-3H3,(H,23,25)/b10-9+. The van der Waals surface area contributed by atoms with Gasteiger partial charge in [-0.3, -0.25) is 14.7 Å². The van der Waals surface area contributed by atoms with E-state index in [2.05, 4.69) is 35.1 Å². The third kappa shape index (κ3) is 5.70. The van der Waals surface area contributed by atoms with Gasteiger partial charge in [0.05, 0.1) is 13.2 Å². The molecule has 1 aromatic carbocycles. The second kappa shape index (κ2) is 10.4. The van der Waals surface area contributed by atoms with E-state index in [4.69, 9.17) is 4.74 Å². The van der Waals surface area contributed by atoms with Crippen LogP contribution in [-0.4, -0.2) is 42.5 Å². The van der Waals surface area contributed by atoms with Crippen molar-refractivity contribution < 1.29 is 9.53 Å². The van der Waals surface area contributed by atoms with Gasteiger partial charge in [0.1, 0.15) is 5.75 Å². The fourth-order valence-electron chi connectivity index (χ4n) is 2.87. The molecule has 1 unspecified atom stereocenters. The Morgan fingerprint density at radius 3 is 2.62 bits per heavy atom. The zero-order chi connectivity index (χ0) is 18.8. The molecular formula is C21H27N3O2. The Hall–Kier alpha value is -2.66. The number of carbonyl (C=O) groups excluding carboxylic acids is 1. The molecule has 2 rings (SSSR count). The summed E-state index contributed by atoms with van der Waals surface area (Å²) in [7, 11) is 1.66. The lowest BCUT2D eigenvalue weighted by atomic mass is 10.0. The van der Waals surface area contributed by atoms with Gasteiger partial charge >= 0.3 is 0 Å². The maximum atomic E-state index is 12.2. The van der Waals surface area contributed by atoms with E-state index in [0.717, 1.165) is 30.0 Å². The van der Waals surface area contributed by atoms with Gasteiger partial charge in [-0.1, -0.05) is 26.0 Å². The summed E-state index contributed by atoms with van der Waals surface area (Å²) in [6.07, 6.45) is 6.75. The zero-order valence-electron chi connectivity index (χ0n) is 15.7. The van der Waals surface area contributed by atoms with Gasteiger partial charge in [0.2, 0.25) is 5.91 Å². The Morgan fingerprint density at radius 1 is 1.23 bits per heavy atom. The number of carbonyl (C=O) groups is 1. The molecule has 1 atom stereocenters. The number of nitrogens with zero attached hydrogens (tertiary/aromatic N) is 2. The van der Waals surface area contributed by atoms with Crippen LogP contribution in [0.3, 0.4) is 0 Å². The second-order valence-corrected chi connectivity index (χ2v) is 5.87. The van der Waals surface area contributed by atoms with Crippen molar-refractivity contribution in [1.82, 2.24) is 15.2 Å². The van der Waals surface area contributed by atoms with E-state index in [0.29, 0.717) is 6.54 Å². The highest BCUT2D eigenvalue weighted by Gasteiger charge is 2.19. The van der Waals surface area contributed by atoms with Gasteiger partial charge < -0.3 is 10.1 Å². The number of benzene rings is 1. The molecule has 0 aliphatic rings. The molecule has 5 heteroatoms. The van der Waals surface area contributed by atoms with Crippen molar-refractivity contribution in [2.24, 2.45) is 0 Å². The summed E-state index contributed by atoms with van der Waals surface area (Å²) < 4.78 is 5.34. The fourth-order valence-corrected chi connectivity index (χ4v) is 2.87. The number of methoxy groups -OCH3 is 1. The minimum atomic E-state index is -0.109. The number of amides is 1. The first kappa shape index (κ1) is 19.7. The normalized spacial score (nSPS) is 12.3. The highest BCUT2D eigenvalue weighted by molar-refractivity contribution is 5.91. The summed E-state index contributed by atoms with van der Waals surface area (Å²) in [5.74, 6) is 0.713. The fraction of sp³-hybridized carbons (Fsp3) is 0.333. The molecule has 0 aliphatic carbocycles. The van der Waals surface area contributed by atoms with E-state index in [-0.39, 0.29) is 11.9 Å². The zero-order valence-corrected chi connectivity index (χ0v) is 15.7. The average Bonchev–Trinajstić information content (AvgIpc) is 2.70. The van der Waals surface area contributed by atoms with Crippen LogP contribution < -0.4 is 10.1 Å². The summed E-state index contributed by atoms with van der Waals surface area (Å²) in [6.45, 7) is 6.60. The number of aromatic nitrogens is 1.